The molecule has 0 radical (unpaired) electrons. The van der Waals surface area contributed by atoms with Gasteiger partial charge in [0.1, 0.15) is 11.5 Å². The fraction of sp³-hybridized carbons (Fsp3) is 0.389. The summed E-state index contributed by atoms with van der Waals surface area (Å²) in [5.74, 6) is 1.06. The molecule has 0 spiro atoms. The molecular formula is C18H21ClN2O5S. The molecule has 7 nitrogen and oxygen atoms in total. The lowest BCUT2D eigenvalue weighted by Gasteiger charge is -2.26. The standard InChI is InChI=1S/C18H21ClN2O5S/c1-25-17-5-4-13(19)9-16(17)20-18(22)11-21(10-15-3-2-7-26-15)14-6-8-27(23,24)12-14/h2-5,7,9,14H,6,8,10-12H2,1H3,(H,20,22)/t14-/m1/s1. The Labute approximate surface area is 163 Å². The molecule has 2 heterocycles. The van der Waals surface area contributed by atoms with Crippen LogP contribution in [0.2, 0.25) is 5.02 Å². The second-order valence-corrected chi connectivity index (χ2v) is 9.10. The molecule has 0 bridgehead atoms. The fourth-order valence-corrected chi connectivity index (χ4v) is 5.07. The number of carbonyl (C=O) groups excluding carboxylic acids is 1. The minimum Gasteiger partial charge on any atom is -0.495 e. The molecule has 1 aromatic heterocycles. The zero-order valence-electron chi connectivity index (χ0n) is 14.9. The van der Waals surface area contributed by atoms with E-state index in [0.717, 1.165) is 0 Å². The largest absolute Gasteiger partial charge is 0.495 e. The Hall–Kier alpha value is -2.03. The lowest BCUT2D eigenvalue weighted by atomic mass is 10.2. The Morgan fingerprint density at radius 1 is 1.41 bits per heavy atom. The van der Waals surface area contributed by atoms with Crippen LogP contribution >= 0.6 is 11.6 Å². The molecule has 9 heteroatoms. The number of furan rings is 1. The molecule has 1 aliphatic rings. The first-order valence-electron chi connectivity index (χ1n) is 8.46. The van der Waals surface area contributed by atoms with Crippen molar-refractivity contribution in [1.29, 1.82) is 0 Å². The van der Waals surface area contributed by atoms with E-state index in [2.05, 4.69) is 5.32 Å². The van der Waals surface area contributed by atoms with Gasteiger partial charge in [0.25, 0.3) is 0 Å². The van der Waals surface area contributed by atoms with Gasteiger partial charge in [0.05, 0.1) is 43.7 Å². The van der Waals surface area contributed by atoms with Crippen molar-refractivity contribution in [3.05, 3.63) is 47.4 Å². The van der Waals surface area contributed by atoms with Gasteiger partial charge in [-0.25, -0.2) is 8.42 Å². The first-order valence-corrected chi connectivity index (χ1v) is 10.7. The van der Waals surface area contributed by atoms with Crippen molar-refractivity contribution in [2.75, 3.05) is 30.5 Å². The third-order valence-electron chi connectivity index (χ3n) is 4.45. The molecule has 0 unspecified atom stereocenters. The summed E-state index contributed by atoms with van der Waals surface area (Å²) in [4.78, 5) is 14.4. The highest BCUT2D eigenvalue weighted by molar-refractivity contribution is 7.91. The molecule has 146 valence electrons. The fourth-order valence-electron chi connectivity index (χ4n) is 3.13. The number of hydrogen-bond donors (Lipinski definition) is 1. The number of hydrogen-bond acceptors (Lipinski definition) is 6. The van der Waals surface area contributed by atoms with Crippen LogP contribution in [-0.4, -0.2) is 50.4 Å². The van der Waals surface area contributed by atoms with E-state index in [1.165, 1.54) is 7.11 Å². The summed E-state index contributed by atoms with van der Waals surface area (Å²) in [6.45, 7) is 0.379. The van der Waals surface area contributed by atoms with Crippen LogP contribution in [0.5, 0.6) is 5.75 Å². The van der Waals surface area contributed by atoms with Crippen molar-refractivity contribution in [3.8, 4) is 5.75 Å². The van der Waals surface area contributed by atoms with Gasteiger partial charge >= 0.3 is 0 Å². The van der Waals surface area contributed by atoms with Crippen molar-refractivity contribution >= 4 is 33.0 Å². The number of nitrogens with zero attached hydrogens (tertiary/aromatic N) is 1. The number of anilines is 1. The van der Waals surface area contributed by atoms with E-state index >= 15 is 0 Å². The van der Waals surface area contributed by atoms with Crippen LogP contribution in [0.25, 0.3) is 0 Å². The number of sulfone groups is 1. The van der Waals surface area contributed by atoms with Crippen LogP contribution in [-0.2, 0) is 21.2 Å². The number of nitrogens with one attached hydrogen (secondary N) is 1. The highest BCUT2D eigenvalue weighted by Crippen LogP contribution is 2.28. The Bertz CT molecular complexity index is 898. The van der Waals surface area contributed by atoms with Gasteiger partial charge in [-0.1, -0.05) is 11.6 Å². The van der Waals surface area contributed by atoms with Crippen LogP contribution in [0.4, 0.5) is 5.69 Å². The number of rotatable bonds is 7. The Morgan fingerprint density at radius 3 is 2.85 bits per heavy atom. The van der Waals surface area contributed by atoms with Gasteiger partial charge in [0.15, 0.2) is 9.84 Å². The zero-order valence-corrected chi connectivity index (χ0v) is 16.4. The molecule has 1 aromatic carbocycles. The van der Waals surface area contributed by atoms with Gasteiger partial charge in [-0.15, -0.1) is 0 Å². The molecule has 1 fully saturated rings. The van der Waals surface area contributed by atoms with Crippen molar-refractivity contribution in [2.24, 2.45) is 0 Å². The van der Waals surface area contributed by atoms with Gasteiger partial charge in [0.2, 0.25) is 5.91 Å². The van der Waals surface area contributed by atoms with Crippen molar-refractivity contribution in [1.82, 2.24) is 4.90 Å². The zero-order chi connectivity index (χ0) is 19.4. The average molecular weight is 413 g/mol. The monoisotopic (exact) mass is 412 g/mol. The number of amides is 1. The lowest BCUT2D eigenvalue weighted by Crippen LogP contribution is -2.41. The normalized spacial score (nSPS) is 18.6. The predicted molar refractivity (Wildman–Crippen MR) is 103 cm³/mol. The summed E-state index contributed by atoms with van der Waals surface area (Å²) < 4.78 is 34.3. The number of halogens is 1. The number of methoxy groups -OCH3 is 1. The summed E-state index contributed by atoms with van der Waals surface area (Å²) in [5, 5.41) is 3.26. The molecule has 1 atom stereocenters. The molecule has 1 amide bonds. The number of carbonyl (C=O) groups is 1. The van der Waals surface area contributed by atoms with Gasteiger partial charge in [-0.3, -0.25) is 9.69 Å². The molecule has 1 aliphatic heterocycles. The summed E-state index contributed by atoms with van der Waals surface area (Å²) in [6.07, 6.45) is 2.05. The third-order valence-corrected chi connectivity index (χ3v) is 6.43. The highest BCUT2D eigenvalue weighted by atomic mass is 35.5. The van der Waals surface area contributed by atoms with Crippen molar-refractivity contribution in [2.45, 2.75) is 19.0 Å². The lowest BCUT2D eigenvalue weighted by molar-refractivity contribution is -0.118. The van der Waals surface area contributed by atoms with E-state index in [1.807, 2.05) is 4.90 Å². The van der Waals surface area contributed by atoms with Crippen molar-refractivity contribution in [3.63, 3.8) is 0 Å². The van der Waals surface area contributed by atoms with Gasteiger partial charge < -0.3 is 14.5 Å². The van der Waals surface area contributed by atoms with E-state index in [4.69, 9.17) is 20.8 Å². The quantitative estimate of drug-likeness (QED) is 0.751. The van der Waals surface area contributed by atoms with E-state index in [0.29, 0.717) is 35.2 Å². The first-order chi connectivity index (χ1) is 12.9. The first kappa shape index (κ1) is 19.7. The summed E-state index contributed by atoms with van der Waals surface area (Å²) in [6, 6.07) is 8.27. The smallest absolute Gasteiger partial charge is 0.238 e. The van der Waals surface area contributed by atoms with Gasteiger partial charge in [-0.2, -0.15) is 0 Å². The summed E-state index contributed by atoms with van der Waals surface area (Å²) >= 11 is 6.00. The second-order valence-electron chi connectivity index (χ2n) is 6.43. The second kappa shape index (κ2) is 8.33. The maximum atomic E-state index is 12.6. The van der Waals surface area contributed by atoms with Gasteiger partial charge in [0, 0.05) is 11.1 Å². The van der Waals surface area contributed by atoms with Crippen molar-refractivity contribution < 1.29 is 22.4 Å². The number of benzene rings is 1. The Balaban J connectivity index is 1.73. The van der Waals surface area contributed by atoms with Crippen LogP contribution in [0.15, 0.2) is 41.0 Å². The van der Waals surface area contributed by atoms with Gasteiger partial charge in [-0.05, 0) is 36.8 Å². The van der Waals surface area contributed by atoms with E-state index in [9.17, 15) is 13.2 Å². The van der Waals surface area contributed by atoms with E-state index in [1.54, 1.807) is 36.6 Å². The molecule has 2 aromatic rings. The minimum atomic E-state index is -3.07. The summed E-state index contributed by atoms with van der Waals surface area (Å²) in [5.41, 5.74) is 0.465. The Kier molecular flexibility index (Phi) is 6.08. The highest BCUT2D eigenvalue weighted by Gasteiger charge is 2.33. The molecule has 27 heavy (non-hydrogen) atoms. The maximum absolute atomic E-state index is 12.6. The van der Waals surface area contributed by atoms with Crippen LogP contribution in [0.3, 0.4) is 0 Å². The molecule has 1 saturated heterocycles. The third kappa shape index (κ3) is 5.24. The predicted octanol–water partition coefficient (Wildman–Crippen LogP) is 2.57. The summed E-state index contributed by atoms with van der Waals surface area (Å²) in [7, 11) is -1.57. The molecule has 3 rings (SSSR count). The molecular weight excluding hydrogens is 392 g/mol. The average Bonchev–Trinajstić information content (AvgIpc) is 3.23. The molecule has 0 aliphatic carbocycles. The minimum absolute atomic E-state index is 0.0244. The Morgan fingerprint density at radius 2 is 2.22 bits per heavy atom. The van der Waals surface area contributed by atoms with Crippen LogP contribution in [0, 0.1) is 0 Å². The van der Waals surface area contributed by atoms with Crippen LogP contribution in [0.1, 0.15) is 12.2 Å². The maximum Gasteiger partial charge on any atom is 0.238 e. The molecule has 0 saturated carbocycles. The SMILES string of the molecule is COc1ccc(Cl)cc1NC(=O)CN(Cc1ccco1)[C@@H]1CCS(=O)(=O)C1. The van der Waals surface area contributed by atoms with E-state index in [-0.39, 0.29) is 30.0 Å². The number of ether oxygens (including phenoxy) is 1. The van der Waals surface area contributed by atoms with Crippen LogP contribution < -0.4 is 10.1 Å². The molecule has 1 N–H and O–H groups in total. The topological polar surface area (TPSA) is 88.8 Å². The van der Waals surface area contributed by atoms with E-state index < -0.39 is 9.84 Å².